The number of rotatable bonds is 7. The molecule has 154 valence electrons. The van der Waals surface area contributed by atoms with Crippen LogP contribution in [0.2, 0.25) is 0 Å². The highest BCUT2D eigenvalue weighted by Gasteiger charge is 2.24. The molecule has 2 unspecified atom stereocenters. The molecule has 0 amide bonds. The Balaban J connectivity index is 0.00000338. The SMILES string of the molecule is CCCCN1CCC(NC(=NC)NCC(C)N2CCOCC2C)CC1.I. The van der Waals surface area contributed by atoms with Crippen molar-refractivity contribution >= 4 is 29.9 Å². The summed E-state index contributed by atoms with van der Waals surface area (Å²) < 4.78 is 5.54. The van der Waals surface area contributed by atoms with E-state index in [2.05, 4.69) is 46.2 Å². The van der Waals surface area contributed by atoms with E-state index in [0.29, 0.717) is 18.1 Å². The van der Waals surface area contributed by atoms with Gasteiger partial charge in [0.2, 0.25) is 0 Å². The standard InChI is InChI=1S/C19H39N5O.HI/c1-5-6-9-23-10-7-18(8-11-23)22-19(20-4)21-14-16(2)24-12-13-25-15-17(24)3;/h16-18H,5-15H2,1-4H3,(H2,20,21,22);1H. The molecule has 0 aliphatic carbocycles. The van der Waals surface area contributed by atoms with Gasteiger partial charge in [0, 0.05) is 51.4 Å². The van der Waals surface area contributed by atoms with E-state index in [1.54, 1.807) is 0 Å². The van der Waals surface area contributed by atoms with Crippen molar-refractivity contribution in [3.05, 3.63) is 0 Å². The highest BCUT2D eigenvalue weighted by Crippen LogP contribution is 2.12. The van der Waals surface area contributed by atoms with E-state index in [1.165, 1.54) is 45.3 Å². The fourth-order valence-corrected chi connectivity index (χ4v) is 3.83. The number of hydrogen-bond donors (Lipinski definition) is 2. The second-order valence-corrected chi connectivity index (χ2v) is 7.58. The van der Waals surface area contributed by atoms with E-state index >= 15 is 0 Å². The number of aliphatic imine (C=N–C) groups is 1. The first-order valence-electron chi connectivity index (χ1n) is 10.2. The lowest BCUT2D eigenvalue weighted by atomic mass is 10.0. The van der Waals surface area contributed by atoms with Crippen LogP contribution in [-0.2, 0) is 4.74 Å². The fourth-order valence-electron chi connectivity index (χ4n) is 3.83. The summed E-state index contributed by atoms with van der Waals surface area (Å²) in [5.41, 5.74) is 0. The highest BCUT2D eigenvalue weighted by atomic mass is 127. The lowest BCUT2D eigenvalue weighted by Gasteiger charge is -2.38. The van der Waals surface area contributed by atoms with Gasteiger partial charge in [-0.3, -0.25) is 9.89 Å². The first-order valence-corrected chi connectivity index (χ1v) is 10.2. The van der Waals surface area contributed by atoms with Crippen molar-refractivity contribution in [2.75, 3.05) is 53.0 Å². The average molecular weight is 481 g/mol. The summed E-state index contributed by atoms with van der Waals surface area (Å²) in [6, 6.07) is 1.52. The van der Waals surface area contributed by atoms with Crippen molar-refractivity contribution < 1.29 is 4.74 Å². The van der Waals surface area contributed by atoms with E-state index in [0.717, 1.165) is 32.3 Å². The average Bonchev–Trinajstić information content (AvgIpc) is 2.64. The Morgan fingerprint density at radius 1 is 1.27 bits per heavy atom. The summed E-state index contributed by atoms with van der Waals surface area (Å²) in [5.74, 6) is 0.944. The number of piperidine rings is 1. The smallest absolute Gasteiger partial charge is 0.191 e. The number of morpholine rings is 1. The van der Waals surface area contributed by atoms with Gasteiger partial charge in [0.25, 0.3) is 0 Å². The molecule has 2 rings (SSSR count). The Morgan fingerprint density at radius 2 is 2.00 bits per heavy atom. The van der Waals surface area contributed by atoms with Crippen molar-refractivity contribution in [3.63, 3.8) is 0 Å². The second-order valence-electron chi connectivity index (χ2n) is 7.58. The molecule has 2 saturated heterocycles. The summed E-state index contributed by atoms with van der Waals surface area (Å²) in [4.78, 5) is 9.55. The molecule has 0 radical (unpaired) electrons. The van der Waals surface area contributed by atoms with Crippen LogP contribution >= 0.6 is 24.0 Å². The monoisotopic (exact) mass is 481 g/mol. The lowest BCUT2D eigenvalue weighted by molar-refractivity contribution is -0.0174. The van der Waals surface area contributed by atoms with E-state index in [4.69, 9.17) is 4.74 Å². The van der Waals surface area contributed by atoms with E-state index in [9.17, 15) is 0 Å². The second kappa shape index (κ2) is 13.1. The van der Waals surface area contributed by atoms with Crippen LogP contribution in [0.25, 0.3) is 0 Å². The summed E-state index contributed by atoms with van der Waals surface area (Å²) in [6.45, 7) is 14.1. The maximum Gasteiger partial charge on any atom is 0.191 e. The normalized spacial score (nSPS) is 24.8. The summed E-state index contributed by atoms with van der Waals surface area (Å²) in [6.07, 6.45) is 5.02. The van der Waals surface area contributed by atoms with E-state index < -0.39 is 0 Å². The fraction of sp³-hybridized carbons (Fsp3) is 0.947. The molecule has 26 heavy (non-hydrogen) atoms. The molecule has 0 saturated carbocycles. The van der Waals surface area contributed by atoms with Gasteiger partial charge in [-0.05, 0) is 39.7 Å². The van der Waals surface area contributed by atoms with Gasteiger partial charge < -0.3 is 20.3 Å². The van der Waals surface area contributed by atoms with Crippen molar-refractivity contribution in [3.8, 4) is 0 Å². The summed E-state index contributed by atoms with van der Waals surface area (Å²) in [5, 5.41) is 7.14. The Hall–Kier alpha value is -0.120. The molecule has 2 N–H and O–H groups in total. The molecular weight excluding hydrogens is 441 g/mol. The topological polar surface area (TPSA) is 52.1 Å². The molecule has 7 heteroatoms. The third-order valence-electron chi connectivity index (χ3n) is 5.53. The van der Waals surface area contributed by atoms with Crippen molar-refractivity contribution in [2.24, 2.45) is 4.99 Å². The number of unbranched alkanes of at least 4 members (excludes halogenated alkanes) is 1. The molecule has 0 spiro atoms. The molecule has 0 aromatic carbocycles. The summed E-state index contributed by atoms with van der Waals surface area (Å²) in [7, 11) is 1.87. The van der Waals surface area contributed by atoms with Crippen LogP contribution in [0.3, 0.4) is 0 Å². The molecule has 0 aromatic rings. The number of hydrogen-bond acceptors (Lipinski definition) is 4. The Morgan fingerprint density at radius 3 is 2.62 bits per heavy atom. The van der Waals surface area contributed by atoms with Crippen LogP contribution in [-0.4, -0.2) is 86.9 Å². The highest BCUT2D eigenvalue weighted by molar-refractivity contribution is 14.0. The van der Waals surface area contributed by atoms with Gasteiger partial charge in [-0.2, -0.15) is 0 Å². The quantitative estimate of drug-likeness (QED) is 0.332. The van der Waals surface area contributed by atoms with Gasteiger partial charge in [-0.1, -0.05) is 13.3 Å². The van der Waals surface area contributed by atoms with Crippen LogP contribution in [0.1, 0.15) is 46.5 Å². The number of ether oxygens (including phenoxy) is 1. The molecule has 2 heterocycles. The number of likely N-dealkylation sites (tertiary alicyclic amines) is 1. The Labute approximate surface area is 177 Å². The van der Waals surface area contributed by atoms with E-state index in [-0.39, 0.29) is 24.0 Å². The maximum absolute atomic E-state index is 5.54. The minimum Gasteiger partial charge on any atom is -0.379 e. The first kappa shape index (κ1) is 23.9. The van der Waals surface area contributed by atoms with Gasteiger partial charge in [-0.15, -0.1) is 24.0 Å². The molecule has 6 nitrogen and oxygen atoms in total. The maximum atomic E-state index is 5.54. The van der Waals surface area contributed by atoms with Crippen LogP contribution in [0.5, 0.6) is 0 Å². The van der Waals surface area contributed by atoms with Crippen molar-refractivity contribution in [1.29, 1.82) is 0 Å². The lowest BCUT2D eigenvalue weighted by Crippen LogP contribution is -2.54. The van der Waals surface area contributed by atoms with Crippen molar-refractivity contribution in [1.82, 2.24) is 20.4 Å². The minimum atomic E-state index is 0. The van der Waals surface area contributed by atoms with Crippen LogP contribution in [0.4, 0.5) is 0 Å². The van der Waals surface area contributed by atoms with Crippen LogP contribution in [0, 0.1) is 0 Å². The number of guanidine groups is 1. The van der Waals surface area contributed by atoms with Crippen LogP contribution in [0.15, 0.2) is 4.99 Å². The third kappa shape index (κ3) is 7.86. The molecule has 2 aliphatic heterocycles. The zero-order valence-electron chi connectivity index (χ0n) is 17.2. The van der Waals surface area contributed by atoms with Gasteiger partial charge in [0.15, 0.2) is 5.96 Å². The first-order chi connectivity index (χ1) is 12.1. The van der Waals surface area contributed by atoms with E-state index in [1.807, 2.05) is 7.05 Å². The zero-order chi connectivity index (χ0) is 18.1. The molecule has 2 aliphatic rings. The molecular formula is C19H40IN5O. The van der Waals surface area contributed by atoms with Gasteiger partial charge in [0.05, 0.1) is 13.2 Å². The number of halogens is 1. The Bertz CT molecular complexity index is 401. The minimum absolute atomic E-state index is 0. The number of nitrogens with one attached hydrogen (secondary N) is 2. The molecule has 2 atom stereocenters. The predicted octanol–water partition coefficient (Wildman–Crippen LogP) is 2.14. The van der Waals surface area contributed by atoms with Gasteiger partial charge in [0.1, 0.15) is 0 Å². The summed E-state index contributed by atoms with van der Waals surface area (Å²) >= 11 is 0. The number of nitrogens with zero attached hydrogens (tertiary/aromatic N) is 3. The molecule has 0 aromatic heterocycles. The Kier molecular flexibility index (Phi) is 12.1. The predicted molar refractivity (Wildman–Crippen MR) is 121 cm³/mol. The third-order valence-corrected chi connectivity index (χ3v) is 5.53. The molecule has 2 fully saturated rings. The molecule has 0 bridgehead atoms. The largest absolute Gasteiger partial charge is 0.379 e. The van der Waals surface area contributed by atoms with Gasteiger partial charge in [-0.25, -0.2) is 0 Å². The van der Waals surface area contributed by atoms with Crippen LogP contribution < -0.4 is 10.6 Å². The van der Waals surface area contributed by atoms with Crippen molar-refractivity contribution in [2.45, 2.75) is 64.6 Å². The van der Waals surface area contributed by atoms with Gasteiger partial charge >= 0.3 is 0 Å². The zero-order valence-corrected chi connectivity index (χ0v) is 19.5.